The Hall–Kier alpha value is -0.810. The number of nitriles is 1. The first-order valence-corrected chi connectivity index (χ1v) is 4.60. The number of nitrogens with one attached hydrogen (secondary N) is 1. The van der Waals surface area contributed by atoms with Crippen LogP contribution >= 0.6 is 0 Å². The molecule has 0 spiro atoms. The summed E-state index contributed by atoms with van der Waals surface area (Å²) in [5.41, 5.74) is -0.244. The van der Waals surface area contributed by atoms with Gasteiger partial charge in [0.25, 0.3) is 0 Å². The highest BCUT2D eigenvalue weighted by atomic mass is 15.0. The molecule has 0 amide bonds. The molecule has 2 nitrogen and oxygen atoms in total. The van der Waals surface area contributed by atoms with E-state index in [-0.39, 0.29) is 5.54 Å². The molecule has 0 aliphatic heterocycles. The van der Waals surface area contributed by atoms with Crippen LogP contribution in [0.25, 0.3) is 0 Å². The van der Waals surface area contributed by atoms with Gasteiger partial charge in [-0.05, 0) is 12.8 Å². The molecule has 0 aromatic heterocycles. The normalized spacial score (nSPS) is 21.2. The molecule has 0 aromatic rings. The number of rotatable bonds is 3. The van der Waals surface area contributed by atoms with Crippen LogP contribution in [-0.4, -0.2) is 12.1 Å². The van der Waals surface area contributed by atoms with E-state index in [0.717, 1.165) is 19.4 Å². The summed E-state index contributed by atoms with van der Waals surface area (Å²) in [5, 5.41) is 12.3. The molecule has 0 heterocycles. The summed E-state index contributed by atoms with van der Waals surface area (Å²) < 4.78 is 0. The highest BCUT2D eigenvalue weighted by Gasteiger charge is 2.30. The van der Waals surface area contributed by atoms with E-state index < -0.39 is 0 Å². The van der Waals surface area contributed by atoms with Crippen LogP contribution in [0.2, 0.25) is 0 Å². The molecule has 2 heteroatoms. The van der Waals surface area contributed by atoms with Crippen molar-refractivity contribution in [2.75, 3.05) is 6.54 Å². The summed E-state index contributed by atoms with van der Waals surface area (Å²) in [7, 11) is 0. The molecule has 1 aliphatic carbocycles. The molecule has 0 bridgehead atoms. The second-order valence-corrected chi connectivity index (χ2v) is 3.42. The van der Waals surface area contributed by atoms with E-state index in [9.17, 15) is 0 Å². The minimum Gasteiger partial charge on any atom is -0.296 e. The molecule has 0 aromatic carbocycles. The second kappa shape index (κ2) is 4.27. The molecule has 0 atom stereocenters. The largest absolute Gasteiger partial charge is 0.296 e. The molecule has 12 heavy (non-hydrogen) atoms. The van der Waals surface area contributed by atoms with Crippen molar-refractivity contribution in [2.45, 2.75) is 37.6 Å². The lowest BCUT2D eigenvalue weighted by Crippen LogP contribution is -2.45. The van der Waals surface area contributed by atoms with Crippen LogP contribution in [0.15, 0.2) is 12.7 Å². The van der Waals surface area contributed by atoms with Crippen LogP contribution in [0.1, 0.15) is 32.1 Å². The van der Waals surface area contributed by atoms with Crippen molar-refractivity contribution < 1.29 is 0 Å². The third kappa shape index (κ3) is 2.09. The molecule has 0 radical (unpaired) electrons. The Balaban J connectivity index is 2.49. The van der Waals surface area contributed by atoms with Gasteiger partial charge in [0, 0.05) is 6.54 Å². The zero-order valence-electron chi connectivity index (χ0n) is 7.47. The molecule has 0 saturated heterocycles. The summed E-state index contributed by atoms with van der Waals surface area (Å²) in [6.45, 7) is 4.38. The number of hydrogen-bond acceptors (Lipinski definition) is 2. The van der Waals surface area contributed by atoms with Crippen LogP contribution in [0.4, 0.5) is 0 Å². The van der Waals surface area contributed by atoms with Crippen molar-refractivity contribution in [3.05, 3.63) is 12.7 Å². The Morgan fingerprint density at radius 3 is 2.58 bits per heavy atom. The summed E-state index contributed by atoms with van der Waals surface area (Å²) in [5.74, 6) is 0. The second-order valence-electron chi connectivity index (χ2n) is 3.42. The molecular weight excluding hydrogens is 148 g/mol. The van der Waals surface area contributed by atoms with Crippen molar-refractivity contribution in [1.82, 2.24) is 5.32 Å². The molecule has 66 valence electrons. The average molecular weight is 164 g/mol. The lowest BCUT2D eigenvalue weighted by atomic mass is 9.83. The maximum Gasteiger partial charge on any atom is 0.107 e. The van der Waals surface area contributed by atoms with Gasteiger partial charge >= 0.3 is 0 Å². The number of nitrogens with zero attached hydrogens (tertiary/aromatic N) is 1. The van der Waals surface area contributed by atoms with E-state index in [1.165, 1.54) is 19.3 Å². The Bertz CT molecular complexity index is 185. The Labute approximate surface area is 74.3 Å². The van der Waals surface area contributed by atoms with Gasteiger partial charge in [0.05, 0.1) is 6.07 Å². The maximum atomic E-state index is 9.02. The highest BCUT2D eigenvalue weighted by Crippen LogP contribution is 2.27. The smallest absolute Gasteiger partial charge is 0.107 e. The van der Waals surface area contributed by atoms with Gasteiger partial charge in [-0.3, -0.25) is 5.32 Å². The standard InChI is InChI=1S/C10H16N2/c1-2-8-12-10(9-11)6-4-3-5-7-10/h2,12H,1,3-8H2. The molecule has 0 unspecified atom stereocenters. The molecular formula is C10H16N2. The van der Waals surface area contributed by atoms with Gasteiger partial charge in [-0.25, -0.2) is 0 Å². The monoisotopic (exact) mass is 164 g/mol. The first-order valence-electron chi connectivity index (χ1n) is 4.60. The van der Waals surface area contributed by atoms with E-state index in [0.29, 0.717) is 0 Å². The summed E-state index contributed by atoms with van der Waals surface area (Å²) >= 11 is 0. The minimum absolute atomic E-state index is 0.244. The van der Waals surface area contributed by atoms with Crippen LogP contribution < -0.4 is 5.32 Å². The zero-order valence-corrected chi connectivity index (χ0v) is 7.47. The van der Waals surface area contributed by atoms with Gasteiger partial charge < -0.3 is 0 Å². The van der Waals surface area contributed by atoms with Crippen molar-refractivity contribution in [3.63, 3.8) is 0 Å². The van der Waals surface area contributed by atoms with Gasteiger partial charge in [-0.1, -0.05) is 25.3 Å². The third-order valence-corrected chi connectivity index (χ3v) is 2.51. The highest BCUT2D eigenvalue weighted by molar-refractivity contribution is 5.09. The minimum atomic E-state index is -0.244. The van der Waals surface area contributed by atoms with Crippen LogP contribution in [0, 0.1) is 11.3 Å². The summed E-state index contributed by atoms with van der Waals surface area (Å²) in [4.78, 5) is 0. The van der Waals surface area contributed by atoms with E-state index in [1.54, 1.807) is 0 Å². The molecule has 1 N–H and O–H groups in total. The number of hydrogen-bond donors (Lipinski definition) is 1. The van der Waals surface area contributed by atoms with Crippen LogP contribution in [0.5, 0.6) is 0 Å². The quantitative estimate of drug-likeness (QED) is 0.647. The van der Waals surface area contributed by atoms with E-state index in [1.807, 2.05) is 6.08 Å². The molecule has 1 saturated carbocycles. The van der Waals surface area contributed by atoms with Crippen molar-refractivity contribution in [1.29, 1.82) is 5.26 Å². The van der Waals surface area contributed by atoms with Gasteiger partial charge in [-0.15, -0.1) is 6.58 Å². The first-order chi connectivity index (χ1) is 5.83. The summed E-state index contributed by atoms with van der Waals surface area (Å²) in [6.07, 6.45) is 7.44. The van der Waals surface area contributed by atoms with Gasteiger partial charge in [0.2, 0.25) is 0 Å². The Kier molecular flexibility index (Phi) is 3.31. The van der Waals surface area contributed by atoms with Crippen molar-refractivity contribution >= 4 is 0 Å². The van der Waals surface area contributed by atoms with E-state index in [4.69, 9.17) is 5.26 Å². The SMILES string of the molecule is C=CCNC1(C#N)CCCCC1. The Morgan fingerprint density at radius 1 is 1.42 bits per heavy atom. The van der Waals surface area contributed by atoms with Gasteiger partial charge in [0.15, 0.2) is 0 Å². The van der Waals surface area contributed by atoms with Crippen LogP contribution in [-0.2, 0) is 0 Å². The fourth-order valence-electron chi connectivity index (χ4n) is 1.75. The molecule has 1 fully saturated rings. The average Bonchev–Trinajstić information content (AvgIpc) is 2.16. The van der Waals surface area contributed by atoms with Crippen LogP contribution in [0.3, 0.4) is 0 Å². The van der Waals surface area contributed by atoms with E-state index >= 15 is 0 Å². The fourth-order valence-corrected chi connectivity index (χ4v) is 1.75. The Morgan fingerprint density at radius 2 is 2.08 bits per heavy atom. The predicted molar refractivity (Wildman–Crippen MR) is 49.6 cm³/mol. The molecule has 1 rings (SSSR count). The van der Waals surface area contributed by atoms with Gasteiger partial charge in [0.1, 0.15) is 5.54 Å². The maximum absolute atomic E-state index is 9.02. The fraction of sp³-hybridized carbons (Fsp3) is 0.700. The predicted octanol–water partition coefficient (Wildman–Crippen LogP) is 1.99. The van der Waals surface area contributed by atoms with Gasteiger partial charge in [-0.2, -0.15) is 5.26 Å². The third-order valence-electron chi connectivity index (χ3n) is 2.51. The van der Waals surface area contributed by atoms with Crippen molar-refractivity contribution in [2.24, 2.45) is 0 Å². The lowest BCUT2D eigenvalue weighted by Gasteiger charge is -2.31. The van der Waals surface area contributed by atoms with Crippen molar-refractivity contribution in [3.8, 4) is 6.07 Å². The lowest BCUT2D eigenvalue weighted by molar-refractivity contribution is 0.308. The van der Waals surface area contributed by atoms with E-state index in [2.05, 4.69) is 18.0 Å². The topological polar surface area (TPSA) is 35.8 Å². The molecule has 1 aliphatic rings. The first kappa shape index (κ1) is 9.28. The summed E-state index contributed by atoms with van der Waals surface area (Å²) in [6, 6.07) is 2.39. The zero-order chi connectivity index (χ0) is 8.86.